The van der Waals surface area contributed by atoms with E-state index in [1.807, 2.05) is 0 Å². The monoisotopic (exact) mass is 476 g/mol. The molecule has 3 N–H and O–H groups in total. The van der Waals surface area contributed by atoms with E-state index in [4.69, 9.17) is 15.2 Å². The number of nitrogens with two attached hydrogens (primary N) is 1. The molecule has 2 amide bonds. The maximum Gasteiger partial charge on any atom is 0.340 e. The molecule has 0 spiro atoms. The molecule has 1 aromatic carbocycles. The zero-order valence-corrected chi connectivity index (χ0v) is 19.2. The van der Waals surface area contributed by atoms with Crippen LogP contribution in [0, 0.1) is 13.8 Å². The predicted octanol–water partition coefficient (Wildman–Crippen LogP) is 1.56. The first-order valence-electron chi connectivity index (χ1n) is 10.3. The van der Waals surface area contributed by atoms with Crippen LogP contribution < -0.4 is 16.6 Å². The summed E-state index contributed by atoms with van der Waals surface area (Å²) in [7, 11) is 2.44. The molecule has 0 bridgehead atoms. The number of nitrogen functional groups attached to an aromatic ring is 1. The Morgan fingerprint density at radius 2 is 1.43 bits per heavy atom. The predicted molar refractivity (Wildman–Crippen MR) is 124 cm³/mol. The number of anilines is 1. The Kier molecular flexibility index (Phi) is 5.69. The number of carbonyl (C=O) groups excluding carboxylic acids is 4. The third kappa shape index (κ3) is 3.62. The molecule has 178 valence electrons. The van der Waals surface area contributed by atoms with Gasteiger partial charge in [0.25, 0.3) is 17.4 Å². The first-order valence-corrected chi connectivity index (χ1v) is 10.3. The Morgan fingerprint density at radius 1 is 0.886 bits per heavy atom. The molecular weight excluding hydrogens is 456 g/mol. The van der Waals surface area contributed by atoms with Crippen LogP contribution in [0.5, 0.6) is 0 Å². The summed E-state index contributed by atoms with van der Waals surface area (Å²) in [5, 5.41) is 2.11. The highest BCUT2D eigenvalue weighted by atomic mass is 16.5. The molecule has 1 aliphatic rings. The van der Waals surface area contributed by atoms with Gasteiger partial charge in [0.2, 0.25) is 0 Å². The van der Waals surface area contributed by atoms with Gasteiger partial charge in [0, 0.05) is 11.6 Å². The molecule has 0 aliphatic carbocycles. The van der Waals surface area contributed by atoms with Crippen LogP contribution in [0.15, 0.2) is 35.1 Å². The van der Waals surface area contributed by atoms with E-state index in [1.165, 1.54) is 26.4 Å². The van der Waals surface area contributed by atoms with Gasteiger partial charge >= 0.3 is 11.9 Å². The Labute approximate surface area is 198 Å². The summed E-state index contributed by atoms with van der Waals surface area (Å²) in [6.45, 7) is 3.24. The zero-order chi connectivity index (χ0) is 25.6. The van der Waals surface area contributed by atoms with Gasteiger partial charge in [-0.3, -0.25) is 29.3 Å². The quantitative estimate of drug-likeness (QED) is 0.421. The van der Waals surface area contributed by atoms with Crippen molar-refractivity contribution in [1.29, 1.82) is 0 Å². The fourth-order valence-corrected chi connectivity index (χ4v) is 4.17. The number of benzene rings is 1. The molecule has 0 fully saturated rings. The van der Waals surface area contributed by atoms with Crippen LogP contribution in [0.3, 0.4) is 0 Å². The molecule has 0 saturated heterocycles. The normalized spacial score (nSPS) is 12.2. The standard InChI is InChI=1S/C24H20N4O7/c1-10-16(23(32)34-3)18(17(11(2)26-10)24(33)35-4)12-5-7-13(8-6-12)28-15(29)9-14-19(20(28)25)22(31)27-21(14)30/h5-9H,25H2,1-4H3,(H,27,30,31). The zero-order valence-electron chi connectivity index (χ0n) is 19.2. The van der Waals surface area contributed by atoms with Gasteiger partial charge < -0.3 is 15.2 Å². The molecular formula is C24H20N4O7. The number of aromatic nitrogens is 2. The molecule has 4 rings (SSSR count). The van der Waals surface area contributed by atoms with Crippen molar-refractivity contribution in [2.45, 2.75) is 13.8 Å². The molecule has 35 heavy (non-hydrogen) atoms. The highest BCUT2D eigenvalue weighted by Crippen LogP contribution is 2.33. The summed E-state index contributed by atoms with van der Waals surface area (Å²) in [6.07, 6.45) is 0. The van der Waals surface area contributed by atoms with Crippen LogP contribution in [0.25, 0.3) is 16.8 Å². The molecule has 0 unspecified atom stereocenters. The van der Waals surface area contributed by atoms with E-state index in [0.717, 1.165) is 10.6 Å². The number of amides is 2. The van der Waals surface area contributed by atoms with Crippen molar-refractivity contribution >= 4 is 29.6 Å². The second-order valence-corrected chi connectivity index (χ2v) is 7.71. The fourth-order valence-electron chi connectivity index (χ4n) is 4.17. The van der Waals surface area contributed by atoms with E-state index in [9.17, 15) is 24.0 Å². The van der Waals surface area contributed by atoms with Crippen LogP contribution in [0.4, 0.5) is 5.82 Å². The molecule has 3 aromatic rings. The number of imide groups is 1. The first-order chi connectivity index (χ1) is 16.6. The highest BCUT2D eigenvalue weighted by Gasteiger charge is 2.32. The highest BCUT2D eigenvalue weighted by molar-refractivity contribution is 6.23. The van der Waals surface area contributed by atoms with Gasteiger partial charge in [0.05, 0.1) is 53.5 Å². The molecule has 0 atom stereocenters. The number of hydrogen-bond acceptors (Lipinski definition) is 9. The largest absolute Gasteiger partial charge is 0.465 e. The van der Waals surface area contributed by atoms with Crippen molar-refractivity contribution in [3.05, 3.63) is 74.3 Å². The summed E-state index contributed by atoms with van der Waals surface area (Å²) in [5.74, 6) is -2.95. The van der Waals surface area contributed by atoms with Crippen molar-refractivity contribution in [2.24, 2.45) is 0 Å². The van der Waals surface area contributed by atoms with E-state index >= 15 is 0 Å². The van der Waals surface area contributed by atoms with Gasteiger partial charge in [-0.2, -0.15) is 0 Å². The molecule has 11 nitrogen and oxygen atoms in total. The maximum atomic E-state index is 12.7. The lowest BCUT2D eigenvalue weighted by Gasteiger charge is -2.17. The van der Waals surface area contributed by atoms with Gasteiger partial charge in [0.15, 0.2) is 0 Å². The molecule has 2 aromatic heterocycles. The summed E-state index contributed by atoms with van der Waals surface area (Å²) in [6, 6.07) is 7.25. The number of rotatable bonds is 4. The van der Waals surface area contributed by atoms with Gasteiger partial charge in [-0.15, -0.1) is 0 Å². The Bertz CT molecular complexity index is 1460. The summed E-state index contributed by atoms with van der Waals surface area (Å²) in [4.78, 5) is 66.3. The van der Waals surface area contributed by atoms with Gasteiger partial charge in [-0.1, -0.05) is 12.1 Å². The first kappa shape index (κ1) is 23.4. The van der Waals surface area contributed by atoms with Crippen molar-refractivity contribution in [3.8, 4) is 16.8 Å². The summed E-state index contributed by atoms with van der Waals surface area (Å²) >= 11 is 0. The summed E-state index contributed by atoms with van der Waals surface area (Å²) in [5.41, 5.74) is 7.22. The Morgan fingerprint density at radius 3 is 1.94 bits per heavy atom. The topological polar surface area (TPSA) is 160 Å². The third-order valence-electron chi connectivity index (χ3n) is 5.71. The number of carbonyl (C=O) groups is 4. The number of hydrogen-bond donors (Lipinski definition) is 2. The fraction of sp³-hybridized carbons (Fsp3) is 0.167. The molecule has 11 heteroatoms. The van der Waals surface area contributed by atoms with Crippen LogP contribution >= 0.6 is 0 Å². The smallest absolute Gasteiger partial charge is 0.340 e. The van der Waals surface area contributed by atoms with Crippen LogP contribution in [-0.2, 0) is 9.47 Å². The number of esters is 2. The summed E-state index contributed by atoms with van der Waals surface area (Å²) < 4.78 is 10.9. The number of methoxy groups -OCH3 is 2. The Balaban J connectivity index is 1.93. The van der Waals surface area contributed by atoms with E-state index in [-0.39, 0.29) is 33.6 Å². The molecule has 3 heterocycles. The third-order valence-corrected chi connectivity index (χ3v) is 5.71. The second-order valence-electron chi connectivity index (χ2n) is 7.71. The minimum absolute atomic E-state index is 0.0833. The molecule has 0 saturated carbocycles. The van der Waals surface area contributed by atoms with E-state index < -0.39 is 29.3 Å². The van der Waals surface area contributed by atoms with Crippen LogP contribution in [0.1, 0.15) is 52.8 Å². The number of nitrogens with zero attached hydrogens (tertiary/aromatic N) is 2. The SMILES string of the molecule is COC(=O)c1c(C)nc(C)c(C(=O)OC)c1-c1ccc(-n2c(N)c3c(cc2=O)C(=O)NC3=O)cc1. The van der Waals surface area contributed by atoms with Crippen LogP contribution in [0.2, 0.25) is 0 Å². The average Bonchev–Trinajstić information content (AvgIpc) is 3.11. The van der Waals surface area contributed by atoms with Crippen molar-refractivity contribution in [1.82, 2.24) is 14.9 Å². The van der Waals surface area contributed by atoms with Crippen molar-refractivity contribution < 1.29 is 28.7 Å². The average molecular weight is 476 g/mol. The van der Waals surface area contributed by atoms with Crippen molar-refractivity contribution in [2.75, 3.05) is 20.0 Å². The number of ether oxygens (including phenoxy) is 2. The van der Waals surface area contributed by atoms with Crippen LogP contribution in [-0.4, -0.2) is 47.5 Å². The minimum Gasteiger partial charge on any atom is -0.465 e. The van der Waals surface area contributed by atoms with E-state index in [1.54, 1.807) is 26.0 Å². The maximum absolute atomic E-state index is 12.7. The lowest BCUT2D eigenvalue weighted by molar-refractivity contribution is 0.0598. The van der Waals surface area contributed by atoms with E-state index in [0.29, 0.717) is 22.6 Å². The number of aryl methyl sites for hydroxylation is 2. The second kappa shape index (κ2) is 8.52. The van der Waals surface area contributed by atoms with Crippen molar-refractivity contribution in [3.63, 3.8) is 0 Å². The minimum atomic E-state index is -0.693. The molecule has 1 aliphatic heterocycles. The molecule has 0 radical (unpaired) electrons. The number of nitrogens with one attached hydrogen (secondary N) is 1. The lowest BCUT2D eigenvalue weighted by Crippen LogP contribution is -2.24. The number of pyridine rings is 2. The lowest BCUT2D eigenvalue weighted by atomic mass is 9.92. The van der Waals surface area contributed by atoms with Gasteiger partial charge in [-0.05, 0) is 31.5 Å². The van der Waals surface area contributed by atoms with Gasteiger partial charge in [0.1, 0.15) is 5.82 Å². The Hall–Kier alpha value is -4.80. The number of fused-ring (bicyclic) bond motifs is 1. The van der Waals surface area contributed by atoms with Gasteiger partial charge in [-0.25, -0.2) is 9.59 Å². The van der Waals surface area contributed by atoms with E-state index in [2.05, 4.69) is 10.3 Å².